The van der Waals surface area contributed by atoms with Crippen molar-refractivity contribution in [2.24, 2.45) is 5.92 Å². The lowest BCUT2D eigenvalue weighted by Gasteiger charge is -2.42. The molecule has 10 heteroatoms. The summed E-state index contributed by atoms with van der Waals surface area (Å²) in [6.45, 7) is 1.55. The Morgan fingerprint density at radius 1 is 1.06 bits per heavy atom. The first-order chi connectivity index (χ1) is 14.9. The minimum Gasteiger partial charge on any atom is -0.337 e. The van der Waals surface area contributed by atoms with Gasteiger partial charge in [-0.15, -0.1) is 11.3 Å². The molecule has 0 aromatic carbocycles. The molecule has 1 unspecified atom stereocenters. The fourth-order valence-corrected chi connectivity index (χ4v) is 6.80. The molecule has 31 heavy (non-hydrogen) atoms. The monoisotopic (exact) mass is 464 g/mol. The Hall–Kier alpha value is -2.07. The van der Waals surface area contributed by atoms with E-state index in [1.54, 1.807) is 6.07 Å². The molecule has 1 atom stereocenters. The molecular formula is C21H25FN4O3S2. The van der Waals surface area contributed by atoms with Gasteiger partial charge in [0.05, 0.1) is 17.5 Å². The minimum absolute atomic E-state index is 0.0293. The SMILES string of the molecule is O=C(C1CCS(=O)(=O)CC1)N1CCN(c2ncc(C3CC3)cn2)CC1c1ccc(F)s1. The highest BCUT2D eigenvalue weighted by atomic mass is 32.2. The van der Waals surface area contributed by atoms with Crippen LogP contribution in [0.1, 0.15) is 48.1 Å². The summed E-state index contributed by atoms with van der Waals surface area (Å²) < 4.78 is 37.3. The number of carbonyl (C=O) groups excluding carboxylic acids is 1. The topological polar surface area (TPSA) is 83.5 Å². The van der Waals surface area contributed by atoms with Crippen LogP contribution in [0.5, 0.6) is 0 Å². The van der Waals surface area contributed by atoms with Gasteiger partial charge in [0.15, 0.2) is 5.13 Å². The quantitative estimate of drug-likeness (QED) is 0.692. The summed E-state index contributed by atoms with van der Waals surface area (Å²) in [7, 11) is -3.04. The van der Waals surface area contributed by atoms with Crippen LogP contribution < -0.4 is 4.90 Å². The Kier molecular flexibility index (Phi) is 5.45. The van der Waals surface area contributed by atoms with Gasteiger partial charge in [0.2, 0.25) is 11.9 Å². The van der Waals surface area contributed by atoms with Gasteiger partial charge in [-0.25, -0.2) is 18.4 Å². The van der Waals surface area contributed by atoms with Crippen LogP contribution in [0.25, 0.3) is 0 Å². The van der Waals surface area contributed by atoms with Gasteiger partial charge in [-0.3, -0.25) is 4.79 Å². The Bertz CT molecular complexity index is 1050. The number of carbonyl (C=O) groups is 1. The van der Waals surface area contributed by atoms with E-state index >= 15 is 0 Å². The second-order valence-electron chi connectivity index (χ2n) is 8.65. The van der Waals surface area contributed by atoms with Crippen LogP contribution in [0.2, 0.25) is 0 Å². The molecule has 2 saturated heterocycles. The molecule has 2 aliphatic heterocycles. The second-order valence-corrected chi connectivity index (χ2v) is 12.0. The molecule has 2 aromatic rings. The van der Waals surface area contributed by atoms with E-state index in [0.29, 0.717) is 44.3 Å². The molecule has 3 fully saturated rings. The van der Waals surface area contributed by atoms with E-state index in [2.05, 4.69) is 9.97 Å². The highest BCUT2D eigenvalue weighted by Gasteiger charge is 2.38. The predicted octanol–water partition coefficient (Wildman–Crippen LogP) is 2.77. The van der Waals surface area contributed by atoms with Crippen molar-refractivity contribution in [3.05, 3.63) is 40.1 Å². The van der Waals surface area contributed by atoms with Gasteiger partial charge in [0, 0.05) is 42.8 Å². The van der Waals surface area contributed by atoms with E-state index in [0.717, 1.165) is 16.2 Å². The van der Waals surface area contributed by atoms with Crippen molar-refractivity contribution in [3.8, 4) is 0 Å². The third-order valence-electron chi connectivity index (χ3n) is 6.48. The third-order valence-corrected chi connectivity index (χ3v) is 9.17. The van der Waals surface area contributed by atoms with Crippen LogP contribution >= 0.6 is 11.3 Å². The number of piperazine rings is 1. The lowest BCUT2D eigenvalue weighted by Crippen LogP contribution is -2.53. The average molecular weight is 465 g/mol. The number of sulfone groups is 1. The van der Waals surface area contributed by atoms with Crippen LogP contribution in [0.4, 0.5) is 10.3 Å². The number of aromatic nitrogens is 2. The summed E-state index contributed by atoms with van der Waals surface area (Å²) in [4.78, 5) is 27.1. The predicted molar refractivity (Wildman–Crippen MR) is 116 cm³/mol. The molecule has 5 rings (SSSR count). The van der Waals surface area contributed by atoms with Crippen LogP contribution in [0, 0.1) is 11.0 Å². The Balaban J connectivity index is 1.35. The van der Waals surface area contributed by atoms with Crippen LogP contribution in [-0.2, 0) is 14.6 Å². The van der Waals surface area contributed by atoms with Gasteiger partial charge in [-0.2, -0.15) is 4.39 Å². The number of halogens is 1. The largest absolute Gasteiger partial charge is 0.337 e. The number of thiophene rings is 1. The van der Waals surface area contributed by atoms with Crippen molar-refractivity contribution >= 4 is 33.0 Å². The van der Waals surface area contributed by atoms with Crippen molar-refractivity contribution < 1.29 is 17.6 Å². The van der Waals surface area contributed by atoms with Crippen molar-refractivity contribution in [1.82, 2.24) is 14.9 Å². The first kappa shape index (κ1) is 20.8. The smallest absolute Gasteiger partial charge is 0.226 e. The molecule has 1 aliphatic carbocycles. The van der Waals surface area contributed by atoms with E-state index in [4.69, 9.17) is 0 Å². The van der Waals surface area contributed by atoms with Crippen molar-refractivity contribution in [3.63, 3.8) is 0 Å². The van der Waals surface area contributed by atoms with Gasteiger partial charge in [-0.05, 0) is 49.3 Å². The molecule has 2 aromatic heterocycles. The van der Waals surface area contributed by atoms with Crippen molar-refractivity contribution in [2.45, 2.75) is 37.6 Å². The van der Waals surface area contributed by atoms with E-state index < -0.39 is 9.84 Å². The second kappa shape index (κ2) is 8.12. The maximum atomic E-state index is 13.8. The molecular weight excluding hydrogens is 439 g/mol. The van der Waals surface area contributed by atoms with E-state index in [9.17, 15) is 17.6 Å². The summed E-state index contributed by atoms with van der Waals surface area (Å²) in [6, 6.07) is 2.85. The van der Waals surface area contributed by atoms with Gasteiger partial charge < -0.3 is 9.80 Å². The molecule has 3 aliphatic rings. The lowest BCUT2D eigenvalue weighted by molar-refractivity contribution is -0.138. The fourth-order valence-electron chi connectivity index (χ4n) is 4.47. The minimum atomic E-state index is -3.04. The summed E-state index contributed by atoms with van der Waals surface area (Å²) in [5, 5.41) is -0.284. The molecule has 0 bridgehead atoms. The van der Waals surface area contributed by atoms with Crippen molar-refractivity contribution in [1.29, 1.82) is 0 Å². The zero-order valence-electron chi connectivity index (χ0n) is 17.1. The van der Waals surface area contributed by atoms with Gasteiger partial charge >= 0.3 is 0 Å². The third kappa shape index (κ3) is 4.45. The molecule has 1 amide bonds. The highest BCUT2D eigenvalue weighted by Crippen LogP contribution is 2.40. The molecule has 166 valence electrons. The van der Waals surface area contributed by atoms with Crippen LogP contribution in [-0.4, -0.2) is 60.3 Å². The molecule has 0 N–H and O–H groups in total. The fraction of sp³-hybridized carbons (Fsp3) is 0.571. The highest BCUT2D eigenvalue weighted by molar-refractivity contribution is 7.91. The molecule has 1 saturated carbocycles. The maximum Gasteiger partial charge on any atom is 0.226 e. The number of rotatable bonds is 4. The maximum absolute atomic E-state index is 13.8. The van der Waals surface area contributed by atoms with E-state index in [1.807, 2.05) is 22.2 Å². The van der Waals surface area contributed by atoms with E-state index in [1.165, 1.54) is 24.5 Å². The number of nitrogens with zero attached hydrogens (tertiary/aromatic N) is 4. The summed E-state index contributed by atoms with van der Waals surface area (Å²) in [5.74, 6) is 1.01. The Labute approximate surface area is 185 Å². The molecule has 4 heterocycles. The Morgan fingerprint density at radius 2 is 1.77 bits per heavy atom. The first-order valence-corrected chi connectivity index (χ1v) is 13.4. The molecule has 7 nitrogen and oxygen atoms in total. The summed E-state index contributed by atoms with van der Waals surface area (Å²) >= 11 is 1.05. The average Bonchev–Trinajstić information content (AvgIpc) is 3.53. The zero-order chi connectivity index (χ0) is 21.6. The van der Waals surface area contributed by atoms with E-state index in [-0.39, 0.29) is 34.5 Å². The summed E-state index contributed by atoms with van der Waals surface area (Å²) in [5.41, 5.74) is 1.17. The number of amides is 1. The standard InChI is InChI=1S/C21H25FN4O3S2/c22-19-4-3-18(30-19)17-13-25(21-23-11-16(12-24-21)14-1-2-14)7-8-26(17)20(27)15-5-9-31(28,29)10-6-15/h3-4,11-12,14-15,17H,1-2,5-10,13H2. The summed E-state index contributed by atoms with van der Waals surface area (Å²) in [6.07, 6.45) is 6.88. The number of hydrogen-bond donors (Lipinski definition) is 0. The van der Waals surface area contributed by atoms with Crippen LogP contribution in [0.3, 0.4) is 0 Å². The van der Waals surface area contributed by atoms with Gasteiger partial charge in [-0.1, -0.05) is 0 Å². The normalized spacial score (nSPS) is 24.4. The number of anilines is 1. The zero-order valence-corrected chi connectivity index (χ0v) is 18.7. The van der Waals surface area contributed by atoms with Gasteiger partial charge in [0.25, 0.3) is 0 Å². The molecule has 0 radical (unpaired) electrons. The molecule has 0 spiro atoms. The van der Waals surface area contributed by atoms with Crippen LogP contribution in [0.15, 0.2) is 24.5 Å². The first-order valence-electron chi connectivity index (χ1n) is 10.7. The number of hydrogen-bond acceptors (Lipinski definition) is 7. The Morgan fingerprint density at radius 3 is 2.39 bits per heavy atom. The van der Waals surface area contributed by atoms with Crippen molar-refractivity contribution in [2.75, 3.05) is 36.0 Å². The lowest BCUT2D eigenvalue weighted by atomic mass is 9.98. The van der Waals surface area contributed by atoms with Gasteiger partial charge in [0.1, 0.15) is 9.84 Å².